The van der Waals surface area contributed by atoms with E-state index in [4.69, 9.17) is 4.18 Å². The molecule has 7 rings (SSSR count). The highest BCUT2D eigenvalue weighted by atomic mass is 79.9. The van der Waals surface area contributed by atoms with Gasteiger partial charge in [0.1, 0.15) is 11.8 Å². The third kappa shape index (κ3) is 7.49. The third-order valence-electron chi connectivity index (χ3n) is 9.51. The van der Waals surface area contributed by atoms with Crippen LogP contribution in [0, 0.1) is 6.92 Å². The summed E-state index contributed by atoms with van der Waals surface area (Å²) >= 11 is 3.52. The number of hydrogen-bond acceptors (Lipinski definition) is 9. The Morgan fingerprint density at radius 2 is 1.38 bits per heavy atom. The molecule has 0 aliphatic carbocycles. The maximum Gasteiger partial charge on any atom is 0.357 e. The fraction of sp³-hybridized carbons (Fsp3) is 0.205. The zero-order valence-electron chi connectivity index (χ0n) is 29.0. The number of carbonyl (C=O) groups is 1. The summed E-state index contributed by atoms with van der Waals surface area (Å²) in [4.78, 5) is 26.7. The Labute approximate surface area is 317 Å². The van der Waals surface area contributed by atoms with E-state index in [0.717, 1.165) is 20.0 Å². The second-order valence-electron chi connectivity index (χ2n) is 12.8. The van der Waals surface area contributed by atoms with Crippen molar-refractivity contribution in [2.75, 3.05) is 38.1 Å². The minimum atomic E-state index is -4.29. The van der Waals surface area contributed by atoms with Crippen LogP contribution in [0.15, 0.2) is 130 Å². The molecule has 6 aromatic rings. The van der Waals surface area contributed by atoms with E-state index in [1.54, 1.807) is 59.5 Å². The second-order valence-corrected chi connectivity index (χ2v) is 17.1. The summed E-state index contributed by atoms with van der Waals surface area (Å²) in [6.07, 6.45) is 2.88. The molecular formula is C39H36BrN5O6S2. The largest absolute Gasteiger partial charge is 0.378 e. The maximum absolute atomic E-state index is 14.4. The van der Waals surface area contributed by atoms with Gasteiger partial charge < -0.3 is 14.0 Å². The van der Waals surface area contributed by atoms with E-state index < -0.39 is 26.2 Å². The van der Waals surface area contributed by atoms with Crippen molar-refractivity contribution in [2.45, 2.75) is 29.4 Å². The molecule has 1 atom stereocenters. The molecule has 3 heterocycles. The van der Waals surface area contributed by atoms with Crippen LogP contribution in [0.3, 0.4) is 0 Å². The molecule has 53 heavy (non-hydrogen) atoms. The number of nitrogens with zero attached hydrogens (tertiary/aromatic N) is 5. The number of anilines is 1. The fourth-order valence-electron chi connectivity index (χ4n) is 6.69. The van der Waals surface area contributed by atoms with E-state index in [0.29, 0.717) is 53.3 Å². The number of carbonyl (C=O) groups excluding carboxylic acids is 1. The molecule has 1 saturated heterocycles. The number of pyridine rings is 2. The molecule has 1 aliphatic heterocycles. The number of aromatic nitrogens is 2. The number of rotatable bonds is 10. The number of sulfonamides is 1. The highest BCUT2D eigenvalue weighted by Gasteiger charge is 2.38. The van der Waals surface area contributed by atoms with Crippen LogP contribution >= 0.6 is 15.9 Å². The second kappa shape index (κ2) is 14.9. The highest BCUT2D eigenvalue weighted by Crippen LogP contribution is 2.29. The summed E-state index contributed by atoms with van der Waals surface area (Å²) in [5, 5.41) is 1.97. The van der Waals surface area contributed by atoms with Crippen molar-refractivity contribution in [1.29, 1.82) is 0 Å². The Morgan fingerprint density at radius 3 is 2.00 bits per heavy atom. The number of aryl methyl sites for hydroxylation is 1. The summed E-state index contributed by atoms with van der Waals surface area (Å²) in [7, 11) is -7.14. The summed E-state index contributed by atoms with van der Waals surface area (Å²) in [5.74, 6) is -0.292. The van der Waals surface area contributed by atoms with Gasteiger partial charge in [0, 0.05) is 66.6 Å². The number of piperazine rings is 1. The van der Waals surface area contributed by atoms with Crippen LogP contribution in [-0.4, -0.2) is 81.2 Å². The Bertz CT molecular complexity index is 2530. The average molecular weight is 815 g/mol. The predicted molar refractivity (Wildman–Crippen MR) is 208 cm³/mol. The normalized spacial score (nSPS) is 14.5. The van der Waals surface area contributed by atoms with Gasteiger partial charge in [-0.05, 0) is 77.7 Å². The van der Waals surface area contributed by atoms with Crippen LogP contribution in [0.5, 0.6) is 5.75 Å². The molecule has 14 heteroatoms. The summed E-state index contributed by atoms with van der Waals surface area (Å²) < 4.78 is 62.8. The molecule has 1 fully saturated rings. The van der Waals surface area contributed by atoms with Gasteiger partial charge in [0.2, 0.25) is 10.9 Å². The van der Waals surface area contributed by atoms with Crippen LogP contribution in [0.4, 0.5) is 5.69 Å². The summed E-state index contributed by atoms with van der Waals surface area (Å²) in [6.45, 7) is 4.00. The Hall–Kier alpha value is -4.89. The van der Waals surface area contributed by atoms with Crippen molar-refractivity contribution in [1.82, 2.24) is 19.2 Å². The van der Waals surface area contributed by atoms with Gasteiger partial charge in [-0.1, -0.05) is 76.6 Å². The fourth-order valence-corrected chi connectivity index (χ4v) is 9.68. The molecule has 1 unspecified atom stereocenters. The molecule has 0 N–H and O–H groups in total. The molecule has 0 spiro atoms. The van der Waals surface area contributed by atoms with Gasteiger partial charge in [-0.2, -0.15) is 12.7 Å². The lowest BCUT2D eigenvalue weighted by Crippen LogP contribution is -2.56. The van der Waals surface area contributed by atoms with E-state index in [1.165, 1.54) is 31.6 Å². The van der Waals surface area contributed by atoms with Crippen LogP contribution in [-0.2, 0) is 31.4 Å². The first-order valence-corrected chi connectivity index (χ1v) is 20.6. The van der Waals surface area contributed by atoms with Crippen LogP contribution in [0.1, 0.15) is 11.1 Å². The monoisotopic (exact) mass is 813 g/mol. The van der Waals surface area contributed by atoms with Crippen molar-refractivity contribution >= 4 is 69.2 Å². The number of amides is 1. The first-order chi connectivity index (χ1) is 25.4. The van der Waals surface area contributed by atoms with E-state index >= 15 is 0 Å². The first kappa shape index (κ1) is 36.5. The van der Waals surface area contributed by atoms with Crippen LogP contribution in [0.2, 0.25) is 0 Å². The molecule has 1 amide bonds. The zero-order valence-corrected chi connectivity index (χ0v) is 32.2. The highest BCUT2D eigenvalue weighted by molar-refractivity contribution is 9.10. The van der Waals surface area contributed by atoms with Crippen LogP contribution in [0.25, 0.3) is 21.5 Å². The SMILES string of the molecule is Cc1cc(Br)ccc1N1CCN(C(=O)C(Cc2ccc(OS(=O)(=O)c3nccc4ccccc34)cc2)N(C)S(=O)(=O)c2nccc3ccccc23)CC1. The standard InChI is InChI=1S/C39H36BrN5O6S2/c1-27-25-31(40)13-16-35(27)44-21-23-45(24-22-44)39(46)36(43(2)52(47,48)37-33-9-5-3-7-29(33)17-19-41-37)26-28-11-14-32(15-12-28)51-53(49,50)38-34-10-6-4-8-30(34)18-20-42-38/h3-20,25,36H,21-24,26H2,1-2H3. The molecule has 272 valence electrons. The van der Waals surface area contributed by atoms with Gasteiger partial charge in [0.15, 0.2) is 5.03 Å². The van der Waals surface area contributed by atoms with Crippen molar-refractivity contribution in [3.8, 4) is 5.75 Å². The maximum atomic E-state index is 14.4. The van der Waals surface area contributed by atoms with Gasteiger partial charge >= 0.3 is 10.1 Å². The molecule has 11 nitrogen and oxygen atoms in total. The molecule has 0 bridgehead atoms. The van der Waals surface area contributed by atoms with Gasteiger partial charge in [-0.25, -0.2) is 18.4 Å². The molecular weight excluding hydrogens is 778 g/mol. The van der Waals surface area contributed by atoms with Gasteiger partial charge in [0.05, 0.1) is 0 Å². The molecule has 2 aromatic heterocycles. The molecule has 0 saturated carbocycles. The smallest absolute Gasteiger partial charge is 0.357 e. The number of fused-ring (bicyclic) bond motifs is 2. The first-order valence-electron chi connectivity index (χ1n) is 16.9. The number of likely N-dealkylation sites (N-methyl/N-ethyl adjacent to an activating group) is 1. The third-order valence-corrected chi connectivity index (χ3v) is 13.0. The Kier molecular flexibility index (Phi) is 10.2. The predicted octanol–water partition coefficient (Wildman–Crippen LogP) is 6.20. The number of halogens is 1. The van der Waals surface area contributed by atoms with Crippen molar-refractivity contribution in [3.63, 3.8) is 0 Å². The van der Waals surface area contributed by atoms with Crippen molar-refractivity contribution < 1.29 is 25.8 Å². The van der Waals surface area contributed by atoms with E-state index in [1.807, 2.05) is 31.2 Å². The van der Waals surface area contributed by atoms with Crippen LogP contribution < -0.4 is 9.08 Å². The molecule has 1 aliphatic rings. The Morgan fingerprint density at radius 1 is 0.792 bits per heavy atom. The zero-order chi connectivity index (χ0) is 37.3. The van der Waals surface area contributed by atoms with Gasteiger partial charge in [-0.15, -0.1) is 0 Å². The number of benzene rings is 4. The van der Waals surface area contributed by atoms with E-state index in [2.05, 4.69) is 42.9 Å². The summed E-state index contributed by atoms with van der Waals surface area (Å²) in [5.41, 5.74) is 2.80. The average Bonchev–Trinajstić information content (AvgIpc) is 3.16. The van der Waals surface area contributed by atoms with E-state index in [-0.39, 0.29) is 28.1 Å². The van der Waals surface area contributed by atoms with E-state index in [9.17, 15) is 21.6 Å². The lowest BCUT2D eigenvalue weighted by molar-refractivity contribution is -0.135. The van der Waals surface area contributed by atoms with Gasteiger partial charge in [0.25, 0.3) is 10.0 Å². The Balaban J connectivity index is 1.15. The lowest BCUT2D eigenvalue weighted by Gasteiger charge is -2.39. The molecule has 0 radical (unpaired) electrons. The summed E-state index contributed by atoms with van der Waals surface area (Å²) in [6, 6.07) is 28.7. The van der Waals surface area contributed by atoms with Crippen molar-refractivity contribution in [3.05, 3.63) is 131 Å². The van der Waals surface area contributed by atoms with Crippen molar-refractivity contribution in [2.24, 2.45) is 0 Å². The minimum absolute atomic E-state index is 0.0171. The molecule has 4 aromatic carbocycles. The number of hydrogen-bond donors (Lipinski definition) is 0. The topological polar surface area (TPSA) is 130 Å². The lowest BCUT2D eigenvalue weighted by atomic mass is 10.0. The minimum Gasteiger partial charge on any atom is -0.378 e. The quantitative estimate of drug-likeness (QED) is 0.149. The van der Waals surface area contributed by atoms with Gasteiger partial charge in [-0.3, -0.25) is 4.79 Å².